The minimum absolute atomic E-state index is 0.0301. The second kappa shape index (κ2) is 9.72. The van der Waals surface area contributed by atoms with Crippen LogP contribution in [0, 0.1) is 12.7 Å². The second-order valence-electron chi connectivity index (χ2n) is 7.34. The fraction of sp³-hybridized carbons (Fsp3) is 0.174. The van der Waals surface area contributed by atoms with Gasteiger partial charge in [-0.15, -0.1) is 0 Å². The number of alkyl halides is 3. The number of benzene rings is 3. The zero-order valence-corrected chi connectivity index (χ0v) is 18.3. The molecule has 0 bridgehead atoms. The van der Waals surface area contributed by atoms with Crippen LogP contribution in [0.1, 0.15) is 16.7 Å². The molecule has 0 saturated heterocycles. The van der Waals surface area contributed by atoms with E-state index in [2.05, 4.69) is 5.32 Å². The quantitative estimate of drug-likeness (QED) is 0.485. The predicted octanol–water partition coefficient (Wildman–Crippen LogP) is 4.98. The highest BCUT2D eigenvalue weighted by atomic mass is 32.2. The van der Waals surface area contributed by atoms with Crippen LogP contribution in [0.5, 0.6) is 0 Å². The molecule has 33 heavy (non-hydrogen) atoms. The van der Waals surface area contributed by atoms with E-state index in [9.17, 15) is 30.8 Å². The van der Waals surface area contributed by atoms with Gasteiger partial charge in [-0.3, -0.25) is 4.79 Å². The average molecular weight is 480 g/mol. The molecule has 5 nitrogen and oxygen atoms in total. The van der Waals surface area contributed by atoms with E-state index >= 15 is 0 Å². The molecule has 1 N–H and O–H groups in total. The fourth-order valence-corrected chi connectivity index (χ4v) is 4.37. The highest BCUT2D eigenvalue weighted by molar-refractivity contribution is 7.89. The van der Waals surface area contributed by atoms with Gasteiger partial charge in [0.25, 0.3) is 0 Å². The Labute approximate surface area is 188 Å². The highest BCUT2D eigenvalue weighted by Crippen LogP contribution is 2.30. The maximum atomic E-state index is 13.2. The van der Waals surface area contributed by atoms with Crippen molar-refractivity contribution in [2.75, 3.05) is 11.9 Å². The summed E-state index contributed by atoms with van der Waals surface area (Å²) in [5.74, 6) is -1.24. The van der Waals surface area contributed by atoms with Crippen molar-refractivity contribution in [1.82, 2.24) is 4.31 Å². The molecule has 0 aliphatic heterocycles. The van der Waals surface area contributed by atoms with Crippen LogP contribution >= 0.6 is 0 Å². The molecular formula is C23H20F4N2O3S. The number of anilines is 1. The Bertz CT molecular complexity index is 1210. The molecule has 0 fully saturated rings. The van der Waals surface area contributed by atoms with Crippen molar-refractivity contribution >= 4 is 21.6 Å². The summed E-state index contributed by atoms with van der Waals surface area (Å²) in [5.41, 5.74) is 0.511. The number of hydrogen-bond acceptors (Lipinski definition) is 3. The zero-order valence-electron chi connectivity index (χ0n) is 17.4. The van der Waals surface area contributed by atoms with Gasteiger partial charge in [0.15, 0.2) is 0 Å². The first kappa shape index (κ1) is 24.4. The summed E-state index contributed by atoms with van der Waals surface area (Å²) in [5, 5.41) is 2.41. The summed E-state index contributed by atoms with van der Waals surface area (Å²) in [7, 11) is -4.11. The second-order valence-corrected chi connectivity index (χ2v) is 9.27. The molecule has 3 aromatic rings. The molecule has 0 heterocycles. The Hall–Kier alpha value is -3.24. The molecule has 0 radical (unpaired) electrons. The van der Waals surface area contributed by atoms with Gasteiger partial charge < -0.3 is 5.32 Å². The molecule has 0 aliphatic carbocycles. The molecule has 0 atom stereocenters. The van der Waals surface area contributed by atoms with E-state index in [1.54, 1.807) is 19.1 Å². The molecule has 0 aromatic heterocycles. The van der Waals surface area contributed by atoms with Crippen LogP contribution in [0.3, 0.4) is 0 Å². The summed E-state index contributed by atoms with van der Waals surface area (Å²) in [6.45, 7) is 0.982. The van der Waals surface area contributed by atoms with Gasteiger partial charge in [0.2, 0.25) is 15.9 Å². The summed E-state index contributed by atoms with van der Waals surface area (Å²) < 4.78 is 78.7. The van der Waals surface area contributed by atoms with Crippen LogP contribution in [0.4, 0.5) is 23.2 Å². The van der Waals surface area contributed by atoms with E-state index in [1.165, 1.54) is 36.4 Å². The van der Waals surface area contributed by atoms with E-state index in [1.807, 2.05) is 0 Å². The fourth-order valence-electron chi connectivity index (χ4n) is 2.98. The van der Waals surface area contributed by atoms with Gasteiger partial charge in [-0.05, 0) is 61.0 Å². The Balaban J connectivity index is 1.83. The topological polar surface area (TPSA) is 66.5 Å². The molecule has 0 aliphatic rings. The first-order chi connectivity index (χ1) is 15.4. The monoisotopic (exact) mass is 480 g/mol. The lowest BCUT2D eigenvalue weighted by molar-refractivity contribution is -0.137. The van der Waals surface area contributed by atoms with E-state index in [0.717, 1.165) is 34.1 Å². The SMILES string of the molecule is Cc1ccc(S(=O)(=O)N(CC(=O)Nc2ccc(C(F)(F)F)cc2)Cc2ccc(F)cc2)cc1. The number of rotatable bonds is 7. The smallest absolute Gasteiger partial charge is 0.325 e. The Morgan fingerprint density at radius 2 is 1.48 bits per heavy atom. The molecule has 0 saturated carbocycles. The van der Waals surface area contributed by atoms with E-state index in [4.69, 9.17) is 0 Å². The number of carbonyl (C=O) groups is 1. The average Bonchev–Trinajstić information content (AvgIpc) is 2.75. The third-order valence-electron chi connectivity index (χ3n) is 4.75. The van der Waals surface area contributed by atoms with E-state index in [-0.39, 0.29) is 17.1 Å². The van der Waals surface area contributed by atoms with Gasteiger partial charge in [0, 0.05) is 12.2 Å². The lowest BCUT2D eigenvalue weighted by atomic mass is 10.2. The van der Waals surface area contributed by atoms with Gasteiger partial charge in [0.1, 0.15) is 5.82 Å². The predicted molar refractivity (Wildman–Crippen MR) is 115 cm³/mol. The van der Waals surface area contributed by atoms with Gasteiger partial charge >= 0.3 is 6.18 Å². The first-order valence-corrected chi connectivity index (χ1v) is 11.2. The van der Waals surface area contributed by atoms with Crippen molar-refractivity contribution in [3.63, 3.8) is 0 Å². The number of nitrogens with zero attached hydrogens (tertiary/aromatic N) is 1. The minimum Gasteiger partial charge on any atom is -0.325 e. The Morgan fingerprint density at radius 3 is 2.03 bits per heavy atom. The zero-order chi connectivity index (χ0) is 24.2. The van der Waals surface area contributed by atoms with Crippen LogP contribution < -0.4 is 5.32 Å². The third-order valence-corrected chi connectivity index (χ3v) is 6.55. The molecule has 0 spiro atoms. The number of aryl methyl sites for hydroxylation is 1. The lowest BCUT2D eigenvalue weighted by Gasteiger charge is -2.22. The maximum absolute atomic E-state index is 13.2. The molecule has 3 rings (SSSR count). The van der Waals surface area contributed by atoms with Crippen molar-refractivity contribution in [2.45, 2.75) is 24.5 Å². The third kappa shape index (κ3) is 6.39. The molecule has 0 unspecified atom stereocenters. The Kier molecular flexibility index (Phi) is 7.19. The molecule has 1 amide bonds. The van der Waals surface area contributed by atoms with Crippen molar-refractivity contribution in [3.05, 3.63) is 95.3 Å². The van der Waals surface area contributed by atoms with Gasteiger partial charge in [-0.25, -0.2) is 12.8 Å². The van der Waals surface area contributed by atoms with Crippen LogP contribution in [-0.2, 0) is 27.5 Å². The van der Waals surface area contributed by atoms with Crippen molar-refractivity contribution in [1.29, 1.82) is 0 Å². The number of carbonyl (C=O) groups excluding carboxylic acids is 1. The van der Waals surface area contributed by atoms with Gasteiger partial charge in [-0.2, -0.15) is 17.5 Å². The van der Waals surface area contributed by atoms with Gasteiger partial charge in [-0.1, -0.05) is 29.8 Å². The van der Waals surface area contributed by atoms with Crippen LogP contribution in [0.25, 0.3) is 0 Å². The number of amides is 1. The Morgan fingerprint density at radius 1 is 0.909 bits per heavy atom. The molecule has 174 valence electrons. The van der Waals surface area contributed by atoms with Crippen LogP contribution in [0.2, 0.25) is 0 Å². The minimum atomic E-state index is -4.52. The normalized spacial score (nSPS) is 12.1. The summed E-state index contributed by atoms with van der Waals surface area (Å²) in [4.78, 5) is 12.6. The van der Waals surface area contributed by atoms with Crippen LogP contribution in [-0.4, -0.2) is 25.2 Å². The number of hydrogen-bond donors (Lipinski definition) is 1. The summed E-state index contributed by atoms with van der Waals surface area (Å²) in [6, 6.07) is 15.0. The van der Waals surface area contributed by atoms with E-state index in [0.29, 0.717) is 5.56 Å². The van der Waals surface area contributed by atoms with Crippen LogP contribution in [0.15, 0.2) is 77.7 Å². The molecule has 3 aromatic carbocycles. The highest BCUT2D eigenvalue weighted by Gasteiger charge is 2.30. The largest absolute Gasteiger partial charge is 0.416 e. The lowest BCUT2D eigenvalue weighted by Crippen LogP contribution is -2.37. The van der Waals surface area contributed by atoms with Crippen molar-refractivity contribution in [2.24, 2.45) is 0 Å². The summed E-state index contributed by atoms with van der Waals surface area (Å²) in [6.07, 6.45) is -4.52. The van der Waals surface area contributed by atoms with E-state index < -0.39 is 40.0 Å². The standard InChI is InChI=1S/C23H20F4N2O3S/c1-16-2-12-21(13-3-16)33(31,32)29(14-17-4-8-19(24)9-5-17)15-22(30)28-20-10-6-18(7-11-20)23(25,26)27/h2-13H,14-15H2,1H3,(H,28,30). The number of sulfonamides is 1. The van der Waals surface area contributed by atoms with Gasteiger partial charge in [0.05, 0.1) is 17.0 Å². The molecular weight excluding hydrogens is 460 g/mol. The maximum Gasteiger partial charge on any atom is 0.416 e. The summed E-state index contributed by atoms with van der Waals surface area (Å²) >= 11 is 0. The number of nitrogens with one attached hydrogen (secondary N) is 1. The molecule has 10 heteroatoms. The first-order valence-electron chi connectivity index (χ1n) is 9.73. The van der Waals surface area contributed by atoms with Crippen molar-refractivity contribution in [3.8, 4) is 0 Å². The van der Waals surface area contributed by atoms with Crippen molar-refractivity contribution < 1.29 is 30.8 Å². The number of halogens is 4.